The molecular formula is C21H25ClFN3O2. The van der Waals surface area contributed by atoms with Gasteiger partial charge in [0.25, 0.3) is 0 Å². The van der Waals surface area contributed by atoms with E-state index in [0.717, 1.165) is 25.7 Å². The fourth-order valence-corrected chi connectivity index (χ4v) is 4.55. The lowest BCUT2D eigenvalue weighted by atomic mass is 9.93. The summed E-state index contributed by atoms with van der Waals surface area (Å²) in [6.07, 6.45) is 7.35. The van der Waals surface area contributed by atoms with Crippen LogP contribution in [-0.2, 0) is 0 Å². The Kier molecular flexibility index (Phi) is 5.85. The third kappa shape index (κ3) is 4.02. The van der Waals surface area contributed by atoms with Crippen molar-refractivity contribution in [1.29, 1.82) is 0 Å². The van der Waals surface area contributed by atoms with Crippen LogP contribution in [0.1, 0.15) is 56.6 Å². The first kappa shape index (κ1) is 19.2. The van der Waals surface area contributed by atoms with Gasteiger partial charge in [0.1, 0.15) is 16.5 Å². The maximum atomic E-state index is 14.0. The molecule has 1 saturated heterocycles. The summed E-state index contributed by atoms with van der Waals surface area (Å²) >= 11 is 6.48. The Bertz CT molecular complexity index is 827. The summed E-state index contributed by atoms with van der Waals surface area (Å²) in [5.74, 6) is -0.0101. The summed E-state index contributed by atoms with van der Waals surface area (Å²) < 4.78 is 19.4. The highest BCUT2D eigenvalue weighted by atomic mass is 35.5. The molecule has 0 unspecified atom stereocenters. The molecule has 1 aliphatic heterocycles. The average Bonchev–Trinajstić information content (AvgIpc) is 3.10. The van der Waals surface area contributed by atoms with Gasteiger partial charge in [-0.1, -0.05) is 48.2 Å². The van der Waals surface area contributed by atoms with Crippen LogP contribution >= 0.6 is 11.6 Å². The Labute approximate surface area is 169 Å². The molecule has 4 rings (SSSR count). The van der Waals surface area contributed by atoms with Crippen LogP contribution in [0.15, 0.2) is 28.8 Å². The van der Waals surface area contributed by atoms with E-state index in [1.54, 1.807) is 18.2 Å². The third-order valence-corrected chi connectivity index (χ3v) is 6.24. The van der Waals surface area contributed by atoms with Crippen LogP contribution in [0.4, 0.5) is 9.18 Å². The van der Waals surface area contributed by atoms with Gasteiger partial charge in [-0.15, -0.1) is 0 Å². The van der Waals surface area contributed by atoms with E-state index in [-0.39, 0.29) is 23.5 Å². The van der Waals surface area contributed by atoms with E-state index in [0.29, 0.717) is 35.4 Å². The number of hydrogen-bond donors (Lipinski definition) is 1. The molecule has 1 aromatic carbocycles. The van der Waals surface area contributed by atoms with Crippen molar-refractivity contribution in [1.82, 2.24) is 15.4 Å². The number of rotatable bonds is 3. The smallest absolute Gasteiger partial charge is 0.317 e. The largest absolute Gasteiger partial charge is 0.354 e. The van der Waals surface area contributed by atoms with E-state index in [2.05, 4.69) is 10.5 Å². The van der Waals surface area contributed by atoms with Crippen LogP contribution in [0, 0.1) is 5.82 Å². The summed E-state index contributed by atoms with van der Waals surface area (Å²) in [5.41, 5.74) is 0.975. The second-order valence-corrected chi connectivity index (χ2v) is 8.11. The van der Waals surface area contributed by atoms with Gasteiger partial charge >= 0.3 is 6.03 Å². The van der Waals surface area contributed by atoms with Crippen LogP contribution in [0.2, 0.25) is 5.02 Å². The Morgan fingerprint density at radius 1 is 1.14 bits per heavy atom. The molecule has 0 bridgehead atoms. The van der Waals surface area contributed by atoms with Gasteiger partial charge in [0.15, 0.2) is 5.76 Å². The summed E-state index contributed by atoms with van der Waals surface area (Å²) in [7, 11) is 0. The molecule has 5 nitrogen and oxygen atoms in total. The van der Waals surface area contributed by atoms with Gasteiger partial charge in [0, 0.05) is 25.0 Å². The van der Waals surface area contributed by atoms with Crippen molar-refractivity contribution >= 4 is 17.6 Å². The molecule has 2 amide bonds. The molecule has 1 aromatic heterocycles. The van der Waals surface area contributed by atoms with Crippen molar-refractivity contribution in [2.45, 2.75) is 56.9 Å². The number of carbonyl (C=O) groups is 1. The molecule has 2 aromatic rings. The van der Waals surface area contributed by atoms with Gasteiger partial charge in [-0.3, -0.25) is 0 Å². The van der Waals surface area contributed by atoms with Gasteiger partial charge < -0.3 is 14.7 Å². The highest BCUT2D eigenvalue weighted by Crippen LogP contribution is 2.38. The zero-order valence-corrected chi connectivity index (χ0v) is 16.6. The monoisotopic (exact) mass is 405 g/mol. The Morgan fingerprint density at radius 3 is 2.57 bits per heavy atom. The number of likely N-dealkylation sites (tertiary alicyclic amines) is 1. The molecular weight excluding hydrogens is 381 g/mol. The fourth-order valence-electron chi connectivity index (χ4n) is 4.23. The summed E-state index contributed by atoms with van der Waals surface area (Å²) in [5, 5.41) is 7.67. The molecule has 7 heteroatoms. The predicted octanol–water partition coefficient (Wildman–Crippen LogP) is 5.36. The topological polar surface area (TPSA) is 58.4 Å². The first-order chi connectivity index (χ1) is 13.6. The van der Waals surface area contributed by atoms with Crippen LogP contribution in [0.3, 0.4) is 0 Å². The lowest BCUT2D eigenvalue weighted by Crippen LogP contribution is -2.48. The Hall–Kier alpha value is -2.08. The van der Waals surface area contributed by atoms with Gasteiger partial charge in [-0.2, -0.15) is 0 Å². The maximum Gasteiger partial charge on any atom is 0.317 e. The zero-order valence-electron chi connectivity index (χ0n) is 15.8. The van der Waals surface area contributed by atoms with Crippen LogP contribution < -0.4 is 5.32 Å². The molecule has 28 heavy (non-hydrogen) atoms. The van der Waals surface area contributed by atoms with E-state index >= 15 is 0 Å². The van der Waals surface area contributed by atoms with Crippen molar-refractivity contribution < 1.29 is 13.7 Å². The molecule has 1 N–H and O–H groups in total. The first-order valence-electron chi connectivity index (χ1n) is 10.1. The van der Waals surface area contributed by atoms with E-state index in [9.17, 15) is 9.18 Å². The fraction of sp³-hybridized carbons (Fsp3) is 0.524. The molecule has 2 fully saturated rings. The number of urea groups is 1. The molecule has 2 heterocycles. The minimum Gasteiger partial charge on any atom is -0.354 e. The number of halogens is 2. The summed E-state index contributed by atoms with van der Waals surface area (Å²) in [6.45, 7) is 1.31. The zero-order chi connectivity index (χ0) is 19.5. The molecule has 1 aliphatic carbocycles. The number of piperidine rings is 1. The van der Waals surface area contributed by atoms with Gasteiger partial charge in [-0.25, -0.2) is 9.18 Å². The molecule has 0 spiro atoms. The minimum absolute atomic E-state index is 0.0312. The van der Waals surface area contributed by atoms with Crippen LogP contribution in [0.25, 0.3) is 11.3 Å². The molecule has 0 radical (unpaired) electrons. The minimum atomic E-state index is -0.388. The second kappa shape index (κ2) is 8.52. The number of aromatic nitrogens is 1. The van der Waals surface area contributed by atoms with Crippen molar-refractivity contribution in [3.8, 4) is 11.3 Å². The van der Waals surface area contributed by atoms with E-state index in [1.165, 1.54) is 25.3 Å². The second-order valence-electron chi connectivity index (χ2n) is 7.74. The first-order valence-corrected chi connectivity index (χ1v) is 10.5. The van der Waals surface area contributed by atoms with E-state index in [4.69, 9.17) is 16.1 Å². The summed E-state index contributed by atoms with van der Waals surface area (Å²) in [4.78, 5) is 14.4. The number of carbonyl (C=O) groups excluding carboxylic acids is 1. The lowest BCUT2D eigenvalue weighted by molar-refractivity contribution is 0.173. The van der Waals surface area contributed by atoms with E-state index < -0.39 is 0 Å². The number of nitrogens with zero attached hydrogens (tertiary/aromatic N) is 2. The molecule has 2 aliphatic rings. The average molecular weight is 406 g/mol. The standard InChI is InChI=1S/C21H25ClFN3O2/c22-18-19(25-28-20(18)16-8-4-5-9-17(16)23)14-10-12-26(13-11-14)21(27)24-15-6-2-1-3-7-15/h4-5,8-9,14-15H,1-3,6-7,10-13H2,(H,24,27). The van der Waals surface area contributed by atoms with Gasteiger partial charge in [-0.05, 0) is 37.8 Å². The highest BCUT2D eigenvalue weighted by molar-refractivity contribution is 6.33. The normalized spacial score (nSPS) is 19.0. The van der Waals surface area contributed by atoms with Crippen LogP contribution in [-0.4, -0.2) is 35.2 Å². The number of hydrogen-bond acceptors (Lipinski definition) is 3. The van der Waals surface area contributed by atoms with Crippen molar-refractivity contribution in [2.24, 2.45) is 0 Å². The number of nitrogens with one attached hydrogen (secondary N) is 1. The van der Waals surface area contributed by atoms with Crippen molar-refractivity contribution in [3.63, 3.8) is 0 Å². The lowest BCUT2D eigenvalue weighted by Gasteiger charge is -2.33. The Morgan fingerprint density at radius 2 is 1.86 bits per heavy atom. The van der Waals surface area contributed by atoms with Gasteiger partial charge in [0.2, 0.25) is 0 Å². The maximum absolute atomic E-state index is 14.0. The molecule has 1 saturated carbocycles. The van der Waals surface area contributed by atoms with Gasteiger partial charge in [0.05, 0.1) is 5.56 Å². The Balaban J connectivity index is 1.38. The van der Waals surface area contributed by atoms with Crippen molar-refractivity contribution in [2.75, 3.05) is 13.1 Å². The number of benzene rings is 1. The quantitative estimate of drug-likeness (QED) is 0.748. The highest BCUT2D eigenvalue weighted by Gasteiger charge is 2.30. The summed E-state index contributed by atoms with van der Waals surface area (Å²) in [6, 6.07) is 6.70. The predicted molar refractivity (Wildman–Crippen MR) is 106 cm³/mol. The number of amides is 2. The van der Waals surface area contributed by atoms with Crippen LogP contribution in [0.5, 0.6) is 0 Å². The molecule has 0 atom stereocenters. The van der Waals surface area contributed by atoms with E-state index in [1.807, 2.05) is 4.90 Å². The molecule has 150 valence electrons. The third-order valence-electron chi connectivity index (χ3n) is 5.88. The van der Waals surface area contributed by atoms with Crippen molar-refractivity contribution in [3.05, 3.63) is 40.8 Å². The SMILES string of the molecule is O=C(NC1CCCCC1)N1CCC(c2noc(-c3ccccc3F)c2Cl)CC1.